The van der Waals surface area contributed by atoms with Crippen molar-refractivity contribution in [3.05, 3.63) is 106 Å². The molecule has 3 heterocycles. The molecule has 1 atom stereocenters. The number of fused-ring (bicyclic) bond motifs is 2. The summed E-state index contributed by atoms with van der Waals surface area (Å²) in [7, 11) is 1.63. The van der Waals surface area contributed by atoms with E-state index >= 15 is 0 Å². The summed E-state index contributed by atoms with van der Waals surface area (Å²) in [5, 5.41) is 16.6. The van der Waals surface area contributed by atoms with Crippen LogP contribution in [0.25, 0.3) is 10.9 Å². The molecule has 0 unspecified atom stereocenters. The molecule has 0 aliphatic carbocycles. The summed E-state index contributed by atoms with van der Waals surface area (Å²) in [4.78, 5) is 31.3. The second-order valence-electron chi connectivity index (χ2n) is 9.60. The molecule has 2 N–H and O–H groups in total. The smallest absolute Gasteiger partial charge is 0.254 e. The molecule has 1 amide bonds. The highest BCUT2D eigenvalue weighted by atomic mass is 16.5. The highest BCUT2D eigenvalue weighted by molar-refractivity contribution is 5.96. The van der Waals surface area contributed by atoms with E-state index in [1.54, 1.807) is 11.8 Å². The number of aromatic nitrogens is 5. The van der Waals surface area contributed by atoms with Gasteiger partial charge in [-0.15, -0.1) is 5.10 Å². The summed E-state index contributed by atoms with van der Waals surface area (Å²) >= 11 is 0. The van der Waals surface area contributed by atoms with Crippen LogP contribution in [0, 0.1) is 6.92 Å². The Morgan fingerprint density at radius 2 is 1.85 bits per heavy atom. The maximum Gasteiger partial charge on any atom is 0.254 e. The highest BCUT2D eigenvalue weighted by Crippen LogP contribution is 2.37. The van der Waals surface area contributed by atoms with Gasteiger partial charge in [0.1, 0.15) is 11.8 Å². The number of hydrogen-bond donors (Lipinski definition) is 2. The number of hydrogen-bond acceptors (Lipinski definition) is 7. The first-order valence-electron chi connectivity index (χ1n) is 12.7. The highest BCUT2D eigenvalue weighted by Gasteiger charge is 2.33. The zero-order valence-corrected chi connectivity index (χ0v) is 21.6. The number of nitrogens with one attached hydrogen (secondary N) is 2. The van der Waals surface area contributed by atoms with E-state index in [1.807, 2.05) is 84.6 Å². The molecule has 0 radical (unpaired) electrons. The standard InChI is InChI=1S/C29H27N7O3/c1-18-7-12-23-20(15-18)16-22(29(38)31-23)27(35-14-13-26(37)30-24-5-3-4-6-25(24)35)28-32-33-34-36(28)17-19-8-10-21(39-2)11-9-19/h3-12,15-16,27H,13-14,17H2,1-2H3,(H,30,37)(H,31,38)/t27-/m1/s1. The van der Waals surface area contributed by atoms with Crippen LogP contribution in [0.2, 0.25) is 0 Å². The molecule has 0 bridgehead atoms. The van der Waals surface area contributed by atoms with Crippen LogP contribution >= 0.6 is 0 Å². The topological polar surface area (TPSA) is 118 Å². The number of pyridine rings is 1. The second-order valence-corrected chi connectivity index (χ2v) is 9.60. The maximum absolute atomic E-state index is 13.6. The van der Waals surface area contributed by atoms with Crippen LogP contribution < -0.4 is 20.5 Å². The quantitative estimate of drug-likeness (QED) is 0.349. The van der Waals surface area contributed by atoms with Gasteiger partial charge in [-0.25, -0.2) is 4.68 Å². The van der Waals surface area contributed by atoms with Crippen molar-refractivity contribution < 1.29 is 9.53 Å². The third-order valence-corrected chi connectivity index (χ3v) is 7.00. The Labute approximate surface area is 224 Å². The maximum atomic E-state index is 13.6. The van der Waals surface area contributed by atoms with Gasteiger partial charge < -0.3 is 19.9 Å². The number of aryl methyl sites for hydroxylation is 1. The Kier molecular flexibility index (Phi) is 6.28. The van der Waals surface area contributed by atoms with Crippen LogP contribution in [-0.4, -0.2) is 44.8 Å². The zero-order valence-electron chi connectivity index (χ0n) is 21.6. The van der Waals surface area contributed by atoms with Crippen molar-refractivity contribution >= 4 is 28.2 Å². The Morgan fingerprint density at radius 3 is 2.67 bits per heavy atom. The Bertz CT molecular complexity index is 1730. The lowest BCUT2D eigenvalue weighted by molar-refractivity contribution is -0.116. The van der Waals surface area contributed by atoms with Crippen molar-refractivity contribution in [3.8, 4) is 5.75 Å². The molecule has 1 aliphatic heterocycles. The number of tetrazole rings is 1. The van der Waals surface area contributed by atoms with Gasteiger partial charge in [-0.2, -0.15) is 0 Å². The molecule has 0 saturated heterocycles. The van der Waals surface area contributed by atoms with Crippen molar-refractivity contribution in [1.29, 1.82) is 0 Å². The summed E-state index contributed by atoms with van der Waals surface area (Å²) in [6.07, 6.45) is 0.246. The minimum Gasteiger partial charge on any atom is -0.497 e. The fraction of sp³-hybridized carbons (Fsp3) is 0.207. The summed E-state index contributed by atoms with van der Waals surface area (Å²) < 4.78 is 6.99. The average molecular weight is 522 g/mol. The first kappa shape index (κ1) is 24.4. The number of para-hydroxylation sites is 2. The number of anilines is 2. The minimum absolute atomic E-state index is 0.0930. The third kappa shape index (κ3) is 4.72. The number of ether oxygens (including phenoxy) is 1. The van der Waals surface area contributed by atoms with Crippen molar-refractivity contribution in [2.24, 2.45) is 0 Å². The summed E-state index contributed by atoms with van der Waals surface area (Å²) in [5.74, 6) is 1.15. The molecule has 6 rings (SSSR count). The fourth-order valence-electron chi connectivity index (χ4n) is 5.07. The molecule has 1 aliphatic rings. The number of rotatable bonds is 6. The van der Waals surface area contributed by atoms with Gasteiger partial charge in [0.25, 0.3) is 5.56 Å². The van der Waals surface area contributed by atoms with Gasteiger partial charge >= 0.3 is 0 Å². The SMILES string of the molecule is COc1ccc(Cn2nnnc2[C@@H](c2cc3cc(C)ccc3[nH]c2=O)N2CCC(=O)Nc3ccccc32)cc1. The van der Waals surface area contributed by atoms with E-state index in [9.17, 15) is 9.59 Å². The molecule has 0 fully saturated rings. The summed E-state index contributed by atoms with van der Waals surface area (Å²) in [6, 6.07) is 22.4. The largest absolute Gasteiger partial charge is 0.497 e. The van der Waals surface area contributed by atoms with Crippen molar-refractivity contribution in [2.75, 3.05) is 23.9 Å². The molecule has 3 aromatic carbocycles. The van der Waals surface area contributed by atoms with E-state index in [-0.39, 0.29) is 17.9 Å². The Morgan fingerprint density at radius 1 is 1.03 bits per heavy atom. The van der Waals surface area contributed by atoms with E-state index in [1.165, 1.54) is 0 Å². The lowest BCUT2D eigenvalue weighted by Crippen LogP contribution is -2.36. The van der Waals surface area contributed by atoms with Gasteiger partial charge in [0.2, 0.25) is 5.91 Å². The number of amides is 1. The normalized spacial score (nSPS) is 14.0. The molecule has 39 heavy (non-hydrogen) atoms. The van der Waals surface area contributed by atoms with Gasteiger partial charge in [-0.3, -0.25) is 9.59 Å². The third-order valence-electron chi connectivity index (χ3n) is 7.00. The number of methoxy groups -OCH3 is 1. The molecule has 196 valence electrons. The molecular formula is C29H27N7O3. The lowest BCUT2D eigenvalue weighted by atomic mass is 10.0. The Hall–Kier alpha value is -4.99. The molecule has 0 saturated carbocycles. The summed E-state index contributed by atoms with van der Waals surface area (Å²) in [5.41, 5.74) is 4.51. The molecule has 5 aromatic rings. The van der Waals surface area contributed by atoms with E-state index in [0.717, 1.165) is 33.5 Å². The van der Waals surface area contributed by atoms with Gasteiger partial charge in [-0.05, 0) is 70.8 Å². The minimum atomic E-state index is -0.666. The van der Waals surface area contributed by atoms with E-state index < -0.39 is 6.04 Å². The predicted molar refractivity (Wildman–Crippen MR) is 148 cm³/mol. The first-order valence-corrected chi connectivity index (χ1v) is 12.7. The van der Waals surface area contributed by atoms with Crippen LogP contribution in [0.1, 0.15) is 35.0 Å². The first-order chi connectivity index (χ1) is 19.0. The lowest BCUT2D eigenvalue weighted by Gasteiger charge is -2.32. The van der Waals surface area contributed by atoms with E-state index in [0.29, 0.717) is 30.2 Å². The second kappa shape index (κ2) is 10.1. The number of aromatic amines is 1. The zero-order chi connectivity index (χ0) is 26.9. The van der Waals surface area contributed by atoms with Crippen molar-refractivity contribution in [1.82, 2.24) is 25.2 Å². The summed E-state index contributed by atoms with van der Waals surface area (Å²) in [6.45, 7) is 2.77. The van der Waals surface area contributed by atoms with Crippen LogP contribution in [0.4, 0.5) is 11.4 Å². The number of H-pyrrole nitrogens is 1. The van der Waals surface area contributed by atoms with Crippen molar-refractivity contribution in [3.63, 3.8) is 0 Å². The van der Waals surface area contributed by atoms with Crippen LogP contribution in [0.3, 0.4) is 0 Å². The van der Waals surface area contributed by atoms with Crippen LogP contribution in [-0.2, 0) is 11.3 Å². The van der Waals surface area contributed by atoms with Crippen molar-refractivity contribution in [2.45, 2.75) is 25.9 Å². The van der Waals surface area contributed by atoms with Gasteiger partial charge in [0, 0.05) is 24.0 Å². The number of carbonyl (C=O) groups excluding carboxylic acids is 1. The Balaban J connectivity index is 1.53. The molecule has 0 spiro atoms. The van der Waals surface area contributed by atoms with Crippen LogP contribution in [0.15, 0.2) is 77.6 Å². The predicted octanol–water partition coefficient (Wildman–Crippen LogP) is 3.82. The molecule has 10 nitrogen and oxygen atoms in total. The number of carbonyl (C=O) groups is 1. The van der Waals surface area contributed by atoms with Crippen LogP contribution in [0.5, 0.6) is 5.75 Å². The van der Waals surface area contributed by atoms with Gasteiger partial charge in [0.05, 0.1) is 25.0 Å². The number of benzene rings is 3. The fourth-order valence-corrected chi connectivity index (χ4v) is 5.07. The molecular weight excluding hydrogens is 494 g/mol. The number of nitrogens with zero attached hydrogens (tertiary/aromatic N) is 5. The average Bonchev–Trinajstić information content (AvgIpc) is 3.32. The van der Waals surface area contributed by atoms with E-state index in [2.05, 4.69) is 25.8 Å². The molecule has 10 heteroatoms. The monoisotopic (exact) mass is 521 g/mol. The molecule has 2 aromatic heterocycles. The van der Waals surface area contributed by atoms with Gasteiger partial charge in [0.15, 0.2) is 5.82 Å². The van der Waals surface area contributed by atoms with Gasteiger partial charge in [-0.1, -0.05) is 35.9 Å². The van der Waals surface area contributed by atoms with E-state index in [4.69, 9.17) is 4.74 Å².